The van der Waals surface area contributed by atoms with Gasteiger partial charge in [-0.05, 0) is 45.2 Å². The van der Waals surface area contributed by atoms with Crippen LogP contribution in [0.25, 0.3) is 11.3 Å². The van der Waals surface area contributed by atoms with Crippen molar-refractivity contribution in [2.45, 2.75) is 71.4 Å². The lowest BCUT2D eigenvalue weighted by molar-refractivity contribution is -0.139. The first kappa shape index (κ1) is 39.1. The van der Waals surface area contributed by atoms with Gasteiger partial charge in [-0.15, -0.1) is 0 Å². The Morgan fingerprint density at radius 2 is 1.67 bits per heavy atom. The molecule has 14 heteroatoms. The smallest absolute Gasteiger partial charge is 0.409 e. The van der Waals surface area contributed by atoms with Crippen molar-refractivity contribution in [3.8, 4) is 11.3 Å². The largest absolute Gasteiger partial charge is 0.481 e. The van der Waals surface area contributed by atoms with E-state index in [4.69, 9.17) is 9.47 Å². The Balaban J connectivity index is 1.47. The fourth-order valence-corrected chi connectivity index (χ4v) is 6.22. The van der Waals surface area contributed by atoms with Gasteiger partial charge in [0.05, 0.1) is 18.4 Å². The van der Waals surface area contributed by atoms with Crippen molar-refractivity contribution in [1.82, 2.24) is 25.0 Å². The van der Waals surface area contributed by atoms with Crippen LogP contribution in [0.4, 0.5) is 10.5 Å². The third-order valence-electron chi connectivity index (χ3n) is 9.25. The molecule has 2 aliphatic heterocycles. The number of hydrogen-bond donors (Lipinski definition) is 2. The average molecular weight is 709 g/mol. The van der Waals surface area contributed by atoms with Gasteiger partial charge in [-0.25, -0.2) is 9.78 Å². The second-order valence-corrected chi connectivity index (χ2v) is 12.8. The Labute approximate surface area is 300 Å². The number of hydrogen-bond acceptors (Lipinski definition) is 9. The number of ether oxygens (including phenoxy) is 2. The molecule has 2 atom stereocenters. The van der Waals surface area contributed by atoms with E-state index in [9.17, 15) is 29.1 Å². The zero-order valence-corrected chi connectivity index (χ0v) is 30.1. The highest BCUT2D eigenvalue weighted by Gasteiger charge is 2.32. The number of carboxylic acids is 1. The molecule has 1 aromatic carbocycles. The van der Waals surface area contributed by atoms with E-state index in [0.29, 0.717) is 44.9 Å². The third-order valence-corrected chi connectivity index (χ3v) is 9.25. The normalized spacial score (nSPS) is 16.5. The number of unbranched alkanes of at least 4 members (excludes halogenated alkanes) is 2. The Bertz CT molecular complexity index is 1480. The van der Waals surface area contributed by atoms with Crippen LogP contribution < -0.4 is 10.2 Å². The van der Waals surface area contributed by atoms with Crippen molar-refractivity contribution in [1.29, 1.82) is 0 Å². The minimum absolute atomic E-state index is 0.00337. The van der Waals surface area contributed by atoms with Crippen LogP contribution in [0.1, 0.15) is 69.8 Å². The predicted octanol–water partition coefficient (Wildman–Crippen LogP) is 3.65. The van der Waals surface area contributed by atoms with E-state index < -0.39 is 29.9 Å². The number of aromatic nitrogens is 1. The van der Waals surface area contributed by atoms with Gasteiger partial charge >= 0.3 is 12.1 Å². The van der Waals surface area contributed by atoms with Crippen molar-refractivity contribution in [2.75, 3.05) is 70.5 Å². The summed E-state index contributed by atoms with van der Waals surface area (Å²) in [6, 6.07) is 11.9. The molecule has 0 aliphatic carbocycles. The quantitative estimate of drug-likeness (QED) is 0.232. The van der Waals surface area contributed by atoms with Gasteiger partial charge in [0.2, 0.25) is 11.8 Å². The fraction of sp³-hybridized carbons (Fsp3) is 0.568. The molecule has 0 radical (unpaired) electrons. The SMILES string of the molecule is CCCCCOC(=O)N1CCN(C(=O)[C@H](CCC(=O)O)NC(=O)c2cc(N3CC[C@@H](OCC(=O)N(CC)CC)C3)cc(-c3ccccc3)n2)CC1. The van der Waals surface area contributed by atoms with Crippen LogP contribution in [0.15, 0.2) is 42.5 Å². The van der Waals surface area contributed by atoms with E-state index in [1.165, 1.54) is 0 Å². The summed E-state index contributed by atoms with van der Waals surface area (Å²) in [7, 11) is 0. The monoisotopic (exact) mass is 708 g/mol. The van der Waals surface area contributed by atoms with Crippen LogP contribution in [0.2, 0.25) is 0 Å². The Morgan fingerprint density at radius 3 is 2.33 bits per heavy atom. The maximum atomic E-state index is 13.8. The van der Waals surface area contributed by atoms with Crippen molar-refractivity contribution in [3.63, 3.8) is 0 Å². The minimum Gasteiger partial charge on any atom is -0.481 e. The van der Waals surface area contributed by atoms with Gasteiger partial charge in [0.25, 0.3) is 5.91 Å². The zero-order valence-electron chi connectivity index (χ0n) is 30.1. The molecule has 278 valence electrons. The molecule has 4 amide bonds. The molecular weight excluding hydrogens is 656 g/mol. The predicted molar refractivity (Wildman–Crippen MR) is 191 cm³/mol. The summed E-state index contributed by atoms with van der Waals surface area (Å²) in [4.78, 5) is 75.6. The number of carbonyl (C=O) groups excluding carboxylic acids is 4. The highest BCUT2D eigenvalue weighted by Crippen LogP contribution is 2.28. The van der Waals surface area contributed by atoms with Gasteiger partial charge in [0.15, 0.2) is 0 Å². The summed E-state index contributed by atoms with van der Waals surface area (Å²) in [6.45, 7) is 9.68. The molecule has 1 aromatic heterocycles. The first-order valence-corrected chi connectivity index (χ1v) is 18.1. The lowest BCUT2D eigenvalue weighted by Gasteiger charge is -2.36. The van der Waals surface area contributed by atoms with E-state index in [-0.39, 0.29) is 63.3 Å². The second-order valence-electron chi connectivity index (χ2n) is 12.8. The van der Waals surface area contributed by atoms with Crippen LogP contribution >= 0.6 is 0 Å². The molecule has 0 bridgehead atoms. The minimum atomic E-state index is -1.11. The summed E-state index contributed by atoms with van der Waals surface area (Å²) in [6.07, 6.45) is 2.46. The number of piperazine rings is 1. The molecule has 14 nitrogen and oxygen atoms in total. The molecule has 2 fully saturated rings. The maximum absolute atomic E-state index is 13.8. The van der Waals surface area contributed by atoms with Gasteiger partial charge in [-0.1, -0.05) is 50.1 Å². The van der Waals surface area contributed by atoms with Crippen LogP contribution in [-0.4, -0.2) is 132 Å². The number of aliphatic carboxylic acids is 1. The first-order valence-electron chi connectivity index (χ1n) is 18.1. The standard InChI is InChI=1S/C37H52N6O8/c1-4-7-11-22-50-37(49)42-20-18-41(19-21-42)36(48)30(14-15-34(45)46)39-35(47)32-24-28(23-31(38-32)27-12-9-8-10-13-27)43-17-16-29(25-43)51-26-33(44)40(5-2)6-3/h8-10,12-13,23-24,29-30H,4-7,11,14-22,25-26H2,1-3H3,(H,39,47)(H,45,46)/t29-,30+/m1/s1. The summed E-state index contributed by atoms with van der Waals surface area (Å²) in [5.41, 5.74) is 2.17. The van der Waals surface area contributed by atoms with Crippen LogP contribution in [-0.2, 0) is 23.9 Å². The molecule has 2 aliphatic rings. The Kier molecular flexibility index (Phi) is 15.0. The molecule has 2 saturated heterocycles. The summed E-state index contributed by atoms with van der Waals surface area (Å²) in [5, 5.41) is 12.2. The summed E-state index contributed by atoms with van der Waals surface area (Å²) >= 11 is 0. The van der Waals surface area contributed by atoms with Crippen molar-refractivity contribution < 1.29 is 38.6 Å². The summed E-state index contributed by atoms with van der Waals surface area (Å²) in [5.74, 6) is -2.17. The summed E-state index contributed by atoms with van der Waals surface area (Å²) < 4.78 is 11.3. The molecule has 4 rings (SSSR count). The van der Waals surface area contributed by atoms with E-state index in [2.05, 4.69) is 22.1 Å². The van der Waals surface area contributed by atoms with E-state index in [0.717, 1.165) is 30.5 Å². The number of nitrogens with zero attached hydrogens (tertiary/aromatic N) is 5. The van der Waals surface area contributed by atoms with Crippen LogP contribution in [0.3, 0.4) is 0 Å². The number of carbonyl (C=O) groups is 5. The van der Waals surface area contributed by atoms with Gasteiger partial charge < -0.3 is 39.5 Å². The molecule has 2 N–H and O–H groups in total. The maximum Gasteiger partial charge on any atom is 0.409 e. The topological polar surface area (TPSA) is 162 Å². The number of anilines is 1. The van der Waals surface area contributed by atoms with Crippen LogP contribution in [0, 0.1) is 0 Å². The van der Waals surface area contributed by atoms with E-state index >= 15 is 0 Å². The number of likely N-dealkylation sites (N-methyl/N-ethyl adjacent to an activating group) is 1. The number of rotatable bonds is 17. The molecule has 0 spiro atoms. The lowest BCUT2D eigenvalue weighted by atomic mass is 10.1. The fourth-order valence-electron chi connectivity index (χ4n) is 6.22. The van der Waals surface area contributed by atoms with Gasteiger partial charge in [-0.3, -0.25) is 19.2 Å². The van der Waals surface area contributed by atoms with Gasteiger partial charge in [0, 0.05) is 70.0 Å². The average Bonchev–Trinajstić information content (AvgIpc) is 3.63. The Hall–Kier alpha value is -4.72. The van der Waals surface area contributed by atoms with Gasteiger partial charge in [0.1, 0.15) is 18.3 Å². The highest BCUT2D eigenvalue weighted by atomic mass is 16.6. The number of carboxylic acid groups (broad SMARTS) is 1. The van der Waals surface area contributed by atoms with Crippen molar-refractivity contribution >= 4 is 35.5 Å². The van der Waals surface area contributed by atoms with Gasteiger partial charge in [-0.2, -0.15) is 0 Å². The molecule has 0 unspecified atom stereocenters. The molecule has 2 aromatic rings. The van der Waals surface area contributed by atoms with E-state index in [1.807, 2.05) is 50.2 Å². The molecular formula is C37H52N6O8. The number of amides is 4. The van der Waals surface area contributed by atoms with Crippen LogP contribution in [0.5, 0.6) is 0 Å². The first-order chi connectivity index (χ1) is 24.6. The third kappa shape index (κ3) is 11.4. The number of benzene rings is 1. The Morgan fingerprint density at radius 1 is 0.961 bits per heavy atom. The zero-order chi connectivity index (χ0) is 36.8. The molecule has 0 saturated carbocycles. The lowest BCUT2D eigenvalue weighted by Crippen LogP contribution is -2.56. The van der Waals surface area contributed by atoms with Crippen molar-refractivity contribution in [2.24, 2.45) is 0 Å². The van der Waals surface area contributed by atoms with Crippen molar-refractivity contribution in [3.05, 3.63) is 48.2 Å². The van der Waals surface area contributed by atoms with E-state index in [1.54, 1.807) is 20.8 Å². The number of pyridine rings is 1. The second kappa shape index (κ2) is 19.6. The number of nitrogens with one attached hydrogen (secondary N) is 1. The molecule has 3 heterocycles. The highest BCUT2D eigenvalue weighted by molar-refractivity contribution is 5.97. The molecule has 51 heavy (non-hydrogen) atoms.